The maximum absolute atomic E-state index is 7.14. The SMILES string of the molecule is Clc1nc2c(nc1-c1ccc(-n3c4cc5ccccc5cc4c4c5ccccc5c5c6ccc7ccccc7c6oc5c43)cc1)sc1ccccc12.Clc1nc2oc3ccccc3c2nc1-n1c2ccccc2c2c3cc(-c4ccc5oc6ccccc6c5c4)ccc3c3c4ccc5ccccc5c4oc3c21.Clc1nc2oc3ccccc3c2nc1-n1c2ccccc2c2c3ccccc3c3c4ccc5ccccc5c4oc3c21. The van der Waals surface area contributed by atoms with Gasteiger partial charge in [0.2, 0.25) is 11.4 Å². The number of halogens is 3. The summed E-state index contributed by atoms with van der Waals surface area (Å²) in [6.07, 6.45) is 0. The maximum Gasteiger partial charge on any atom is 0.247 e. The molecule has 15 nitrogen and oxygen atoms in total. The molecule has 0 radical (unpaired) electrons. The fourth-order valence-electron chi connectivity index (χ4n) is 24.0. The number of para-hydroxylation sites is 5. The number of hydrogen-bond acceptors (Lipinski definition) is 13. The highest BCUT2D eigenvalue weighted by Crippen LogP contribution is 2.54. The second kappa shape index (κ2) is 31.1. The van der Waals surface area contributed by atoms with Gasteiger partial charge in [0.15, 0.2) is 43.8 Å². The van der Waals surface area contributed by atoms with Crippen LogP contribution in [0.5, 0.6) is 0 Å². The summed E-state index contributed by atoms with van der Waals surface area (Å²) >= 11 is 22.6. The van der Waals surface area contributed by atoms with Crippen LogP contribution in [-0.2, 0) is 0 Å². The van der Waals surface area contributed by atoms with E-state index >= 15 is 0 Å². The van der Waals surface area contributed by atoms with E-state index < -0.39 is 0 Å². The second-order valence-electron chi connectivity index (χ2n) is 38.3. The first kappa shape index (κ1) is 82.6. The van der Waals surface area contributed by atoms with E-state index in [0.29, 0.717) is 50.5 Å². The zero-order valence-corrected chi connectivity index (χ0v) is 81.2. The monoisotopic (exact) mass is 1990 g/mol. The van der Waals surface area contributed by atoms with E-state index in [-0.39, 0.29) is 10.3 Å². The summed E-state index contributed by atoms with van der Waals surface area (Å²) in [5.41, 5.74) is 21.9. The molecule has 0 atom stereocenters. The molecule has 0 bridgehead atoms. The Kier molecular flexibility index (Phi) is 17.3. The standard InChI is InChI=1S/C48H24ClN3O3.C46H24ClN3OS.C36H18ClN3O2/c49-46-47(50-42-32-13-5-8-16-38(32)54-48(42)51-46)52-36-14-6-3-12-31(36)40-35-24-26(27-19-22-39-34(23-27)29-11-4-7-15-37(29)53-39)18-20-30(35)41-33-21-17-25-9-1-2-10-28(25)44(33)55-45(41)43(40)52;47-45-40(49-46-41(48-45)33-15-7-8-16-37(33)52-46)26-17-20-29(21-18-26)50-36-24-28-11-2-1-10-27(28)23-35(36)38-31-13-5-6-14-32(31)39-34-22-19-25-9-3-4-12-30(25)43(34)51-44(39)42(38)50;37-34-35(38-30-24-14-6-8-16-27(24)41-36(30)39-34)40-26-15-7-5-13-23(26)28-21-11-3-4-12-22(21)29-25-18-17-19-9-1-2-10-20(19)32(25)42-33(29)31(28)40/h1-24H;1-24H;1-18H. The van der Waals surface area contributed by atoms with Gasteiger partial charge in [-0.25, -0.2) is 19.9 Å². The molecule has 0 unspecified atom stereocenters. The Bertz CT molecular complexity index is 12200. The first-order valence-corrected chi connectivity index (χ1v) is 51.2. The van der Waals surface area contributed by atoms with Crippen LogP contribution in [0.3, 0.4) is 0 Å². The minimum atomic E-state index is 0.235. The lowest BCUT2D eigenvalue weighted by molar-refractivity contribution is 0.652. The summed E-state index contributed by atoms with van der Waals surface area (Å²) in [5, 5.41) is 35.0. The first-order valence-electron chi connectivity index (χ1n) is 49.2. The van der Waals surface area contributed by atoms with Crippen molar-refractivity contribution in [3.8, 4) is 39.7 Å². The van der Waals surface area contributed by atoms with E-state index in [9.17, 15) is 0 Å². The van der Waals surface area contributed by atoms with Crippen LogP contribution in [0.25, 0.3) is 333 Å². The molecule has 13 heterocycles. The predicted octanol–water partition coefficient (Wildman–Crippen LogP) is 37.9. The number of rotatable bonds is 5. The Morgan fingerprint density at radius 3 is 1.11 bits per heavy atom. The second-order valence-corrected chi connectivity index (χ2v) is 40.4. The molecule has 35 aromatic rings. The summed E-state index contributed by atoms with van der Waals surface area (Å²) in [4.78, 5) is 30.6. The zero-order valence-electron chi connectivity index (χ0n) is 78.1. The van der Waals surface area contributed by atoms with E-state index in [1.54, 1.807) is 11.3 Å². The lowest BCUT2D eigenvalue weighted by atomic mass is 9.94. The lowest BCUT2D eigenvalue weighted by Crippen LogP contribution is -2.01. The minimum Gasteiger partial charge on any atom is -0.456 e. The van der Waals surface area contributed by atoms with Crippen molar-refractivity contribution >= 4 is 340 Å². The van der Waals surface area contributed by atoms with Crippen molar-refractivity contribution in [1.29, 1.82) is 0 Å². The fourth-order valence-corrected chi connectivity index (χ4v) is 25.7. The highest BCUT2D eigenvalue weighted by Gasteiger charge is 2.33. The number of thiophene rings is 1. The molecule has 0 saturated carbocycles. The minimum absolute atomic E-state index is 0.235. The van der Waals surface area contributed by atoms with Crippen LogP contribution < -0.4 is 0 Å². The number of aromatic nitrogens is 9. The summed E-state index contributed by atoms with van der Waals surface area (Å²) in [5.74, 6) is 1.04. The summed E-state index contributed by atoms with van der Waals surface area (Å²) < 4.78 is 47.2. The molecule has 0 N–H and O–H groups in total. The third-order valence-electron chi connectivity index (χ3n) is 30.5. The molecular weight excluding hydrogens is 1920 g/mol. The van der Waals surface area contributed by atoms with Crippen molar-refractivity contribution in [2.75, 3.05) is 0 Å². The van der Waals surface area contributed by atoms with Crippen molar-refractivity contribution in [2.24, 2.45) is 0 Å². The maximum atomic E-state index is 7.14. The van der Waals surface area contributed by atoms with Gasteiger partial charge in [0.25, 0.3) is 0 Å². The number of fused-ring (bicyclic) bond motifs is 49. The van der Waals surface area contributed by atoms with E-state index in [2.05, 4.69) is 329 Å². The number of nitrogens with zero attached hydrogens (tertiary/aromatic N) is 9. The largest absolute Gasteiger partial charge is 0.456 e. The van der Waals surface area contributed by atoms with Gasteiger partial charge in [0, 0.05) is 124 Å². The Balaban J connectivity index is 0.0000000979. The van der Waals surface area contributed by atoms with Gasteiger partial charge in [-0.15, -0.1) is 11.3 Å². The Hall–Kier alpha value is -18.8. The number of furan rings is 6. The molecule has 0 aliphatic carbocycles. The number of hydrogen-bond donors (Lipinski definition) is 0. The van der Waals surface area contributed by atoms with Gasteiger partial charge in [0.05, 0.1) is 33.1 Å². The van der Waals surface area contributed by atoms with Crippen LogP contribution in [0.1, 0.15) is 0 Å². The molecule has 0 aliphatic rings. The molecule has 22 aromatic carbocycles. The molecular formula is C130H66Cl3N9O6S. The van der Waals surface area contributed by atoms with Gasteiger partial charge in [0.1, 0.15) is 66.2 Å². The summed E-state index contributed by atoms with van der Waals surface area (Å²) in [6, 6.07) is 140. The van der Waals surface area contributed by atoms with Gasteiger partial charge in [-0.05, 0) is 180 Å². The molecule has 0 saturated heterocycles. The normalized spacial score (nSPS) is 12.4. The van der Waals surface area contributed by atoms with Gasteiger partial charge in [-0.2, -0.15) is 9.97 Å². The predicted molar refractivity (Wildman–Crippen MR) is 614 cm³/mol. The van der Waals surface area contributed by atoms with Crippen LogP contribution in [0, 0.1) is 0 Å². The van der Waals surface area contributed by atoms with Crippen molar-refractivity contribution < 1.29 is 26.5 Å². The molecule has 0 aliphatic heterocycles. The first-order chi connectivity index (χ1) is 73.6. The third kappa shape index (κ3) is 11.8. The molecule has 0 amide bonds. The van der Waals surface area contributed by atoms with E-state index in [4.69, 9.17) is 91.2 Å². The molecule has 694 valence electrons. The Labute approximate surface area is 858 Å². The molecule has 149 heavy (non-hydrogen) atoms. The van der Waals surface area contributed by atoms with E-state index in [1.165, 1.54) is 32.3 Å². The van der Waals surface area contributed by atoms with E-state index in [1.807, 2.05) is 84.9 Å². The van der Waals surface area contributed by atoms with Crippen LogP contribution in [0.15, 0.2) is 427 Å². The van der Waals surface area contributed by atoms with Crippen LogP contribution in [-0.4, -0.2) is 43.6 Å². The molecule has 13 aromatic heterocycles. The third-order valence-corrected chi connectivity index (χ3v) is 32.3. The van der Waals surface area contributed by atoms with Gasteiger partial charge in [-0.1, -0.05) is 326 Å². The van der Waals surface area contributed by atoms with Gasteiger partial charge < -0.3 is 31.1 Å². The highest BCUT2D eigenvalue weighted by molar-refractivity contribution is 7.25. The van der Waals surface area contributed by atoms with Gasteiger partial charge in [-0.3, -0.25) is 9.13 Å². The number of benzene rings is 22. The zero-order chi connectivity index (χ0) is 97.5. The van der Waals surface area contributed by atoms with Crippen molar-refractivity contribution in [3.05, 3.63) is 416 Å². The molecule has 19 heteroatoms. The molecule has 0 spiro atoms. The fraction of sp³-hybridized carbons (Fsp3) is 0. The van der Waals surface area contributed by atoms with Crippen LogP contribution >= 0.6 is 46.1 Å². The van der Waals surface area contributed by atoms with Gasteiger partial charge >= 0.3 is 0 Å². The highest BCUT2D eigenvalue weighted by atomic mass is 35.5. The quantitative estimate of drug-likeness (QED) is 0.160. The summed E-state index contributed by atoms with van der Waals surface area (Å²) in [6.45, 7) is 0. The van der Waals surface area contributed by atoms with Crippen molar-refractivity contribution in [2.45, 2.75) is 0 Å². The molecule has 0 fully saturated rings. The smallest absolute Gasteiger partial charge is 0.247 e. The van der Waals surface area contributed by atoms with E-state index in [0.717, 1.165) is 255 Å². The van der Waals surface area contributed by atoms with Crippen molar-refractivity contribution in [3.63, 3.8) is 0 Å². The average Bonchev–Trinajstić information content (AvgIpc) is 1.54. The summed E-state index contributed by atoms with van der Waals surface area (Å²) in [7, 11) is 0. The Morgan fingerprint density at radius 1 is 0.208 bits per heavy atom. The molecule has 35 rings (SSSR count). The Morgan fingerprint density at radius 2 is 0.584 bits per heavy atom. The topological polar surface area (TPSA) is 171 Å². The van der Waals surface area contributed by atoms with Crippen LogP contribution in [0.4, 0.5) is 0 Å². The van der Waals surface area contributed by atoms with Crippen LogP contribution in [0.2, 0.25) is 15.5 Å². The average molecular weight is 1990 g/mol. The lowest BCUT2D eigenvalue weighted by Gasteiger charge is -2.11. The van der Waals surface area contributed by atoms with Crippen molar-refractivity contribution in [1.82, 2.24) is 43.6 Å².